The number of benzene rings is 1. The molecule has 2 heteroatoms. The van der Waals surface area contributed by atoms with Gasteiger partial charge >= 0.3 is 5.97 Å². The molecule has 0 saturated heterocycles. The van der Waals surface area contributed by atoms with Gasteiger partial charge in [-0.3, -0.25) is 4.79 Å². The highest BCUT2D eigenvalue weighted by Gasteiger charge is 2.12. The molecule has 1 N–H and O–H groups in total. The summed E-state index contributed by atoms with van der Waals surface area (Å²) in [6, 6.07) is 8.39. The normalized spacial score (nSPS) is 12.7. The van der Waals surface area contributed by atoms with Crippen molar-refractivity contribution in [1.82, 2.24) is 0 Å². The van der Waals surface area contributed by atoms with Gasteiger partial charge in [-0.1, -0.05) is 45.0 Å². The maximum Gasteiger partial charge on any atom is 0.303 e. The number of carboxylic acids is 1. The number of aliphatic carboxylic acids is 1. The Balaban J connectivity index is 2.77. The van der Waals surface area contributed by atoms with E-state index in [1.165, 1.54) is 11.1 Å². The second kappa shape index (κ2) is 6.43. The SMILES string of the molecule is CC(C)Cc1ccccc1C(C)CCC(=O)O. The van der Waals surface area contributed by atoms with Gasteiger partial charge in [0.25, 0.3) is 0 Å². The largest absolute Gasteiger partial charge is 0.481 e. The quantitative estimate of drug-likeness (QED) is 0.811. The van der Waals surface area contributed by atoms with E-state index >= 15 is 0 Å². The molecule has 2 nitrogen and oxygen atoms in total. The van der Waals surface area contributed by atoms with Crippen molar-refractivity contribution in [2.24, 2.45) is 5.92 Å². The van der Waals surface area contributed by atoms with Crippen LogP contribution in [-0.2, 0) is 11.2 Å². The molecular weight excluding hydrogens is 212 g/mol. The van der Waals surface area contributed by atoms with Gasteiger partial charge < -0.3 is 5.11 Å². The van der Waals surface area contributed by atoms with Crippen LogP contribution in [0.1, 0.15) is 50.7 Å². The maximum absolute atomic E-state index is 10.6. The van der Waals surface area contributed by atoms with Crippen molar-refractivity contribution in [3.63, 3.8) is 0 Å². The monoisotopic (exact) mass is 234 g/mol. The molecule has 1 atom stereocenters. The summed E-state index contributed by atoms with van der Waals surface area (Å²) in [7, 11) is 0. The smallest absolute Gasteiger partial charge is 0.303 e. The first-order valence-electron chi connectivity index (χ1n) is 6.30. The number of carboxylic acid groups (broad SMARTS) is 1. The zero-order valence-electron chi connectivity index (χ0n) is 10.9. The third-order valence-corrected chi connectivity index (χ3v) is 3.01. The van der Waals surface area contributed by atoms with Crippen LogP contribution >= 0.6 is 0 Å². The molecule has 0 aliphatic heterocycles. The highest BCUT2D eigenvalue weighted by atomic mass is 16.4. The highest BCUT2D eigenvalue weighted by Crippen LogP contribution is 2.25. The first-order chi connectivity index (χ1) is 8.00. The molecule has 0 saturated carbocycles. The van der Waals surface area contributed by atoms with E-state index in [1.807, 2.05) is 6.07 Å². The average molecular weight is 234 g/mol. The lowest BCUT2D eigenvalue weighted by molar-refractivity contribution is -0.137. The molecule has 0 spiro atoms. The summed E-state index contributed by atoms with van der Waals surface area (Å²) in [6.45, 7) is 6.53. The standard InChI is InChI=1S/C15H22O2/c1-11(2)10-13-6-4-5-7-14(13)12(3)8-9-15(16)17/h4-7,11-12H,8-10H2,1-3H3,(H,16,17). The lowest BCUT2D eigenvalue weighted by atomic mass is 9.88. The van der Waals surface area contributed by atoms with Gasteiger partial charge in [-0.2, -0.15) is 0 Å². The minimum absolute atomic E-state index is 0.247. The number of carbonyl (C=O) groups is 1. The van der Waals surface area contributed by atoms with Crippen LogP contribution in [-0.4, -0.2) is 11.1 Å². The zero-order valence-corrected chi connectivity index (χ0v) is 10.9. The predicted octanol–water partition coefficient (Wildman–Crippen LogP) is 3.85. The Morgan fingerprint density at radius 3 is 2.47 bits per heavy atom. The maximum atomic E-state index is 10.6. The second-order valence-electron chi connectivity index (χ2n) is 5.13. The van der Waals surface area contributed by atoms with Crippen LogP contribution < -0.4 is 0 Å². The van der Waals surface area contributed by atoms with Crippen LogP contribution in [0.2, 0.25) is 0 Å². The summed E-state index contributed by atoms with van der Waals surface area (Å²) in [5.74, 6) is 0.238. The fourth-order valence-electron chi connectivity index (χ4n) is 2.14. The Kier molecular flexibility index (Phi) is 5.20. The third-order valence-electron chi connectivity index (χ3n) is 3.01. The third kappa shape index (κ3) is 4.59. The molecule has 0 aromatic heterocycles. The van der Waals surface area contributed by atoms with E-state index in [4.69, 9.17) is 5.11 Å². The van der Waals surface area contributed by atoms with Crippen molar-refractivity contribution in [2.45, 2.75) is 46.0 Å². The lowest BCUT2D eigenvalue weighted by Crippen LogP contribution is -2.05. The van der Waals surface area contributed by atoms with E-state index in [0.29, 0.717) is 18.3 Å². The van der Waals surface area contributed by atoms with Gasteiger partial charge in [0, 0.05) is 6.42 Å². The molecule has 1 aromatic rings. The summed E-state index contributed by atoms with van der Waals surface area (Å²) in [5, 5.41) is 8.72. The second-order valence-corrected chi connectivity index (χ2v) is 5.13. The summed E-state index contributed by atoms with van der Waals surface area (Å²) >= 11 is 0. The van der Waals surface area contributed by atoms with Crippen LogP contribution in [0.25, 0.3) is 0 Å². The summed E-state index contributed by atoms with van der Waals surface area (Å²) in [6.07, 6.45) is 2.02. The first kappa shape index (κ1) is 13.8. The summed E-state index contributed by atoms with van der Waals surface area (Å²) in [5.41, 5.74) is 2.67. The van der Waals surface area contributed by atoms with Crippen molar-refractivity contribution in [3.05, 3.63) is 35.4 Å². The highest BCUT2D eigenvalue weighted by molar-refractivity contribution is 5.66. The predicted molar refractivity (Wildman–Crippen MR) is 70.3 cm³/mol. The summed E-state index contributed by atoms with van der Waals surface area (Å²) in [4.78, 5) is 10.6. The van der Waals surface area contributed by atoms with Crippen LogP contribution in [0.3, 0.4) is 0 Å². The van der Waals surface area contributed by atoms with Crippen LogP contribution in [0, 0.1) is 5.92 Å². The van der Waals surface area contributed by atoms with Crippen LogP contribution in [0.4, 0.5) is 0 Å². The number of hydrogen-bond acceptors (Lipinski definition) is 1. The van der Waals surface area contributed by atoms with E-state index in [0.717, 1.165) is 6.42 Å². The number of hydrogen-bond donors (Lipinski definition) is 1. The molecule has 0 aliphatic carbocycles. The van der Waals surface area contributed by atoms with Gasteiger partial charge in [-0.05, 0) is 35.8 Å². The first-order valence-corrected chi connectivity index (χ1v) is 6.30. The van der Waals surface area contributed by atoms with Gasteiger partial charge in [0.2, 0.25) is 0 Å². The molecule has 17 heavy (non-hydrogen) atoms. The average Bonchev–Trinajstić information content (AvgIpc) is 2.25. The summed E-state index contributed by atoms with van der Waals surface area (Å²) < 4.78 is 0. The van der Waals surface area contributed by atoms with Gasteiger partial charge in [-0.15, -0.1) is 0 Å². The zero-order chi connectivity index (χ0) is 12.8. The van der Waals surface area contributed by atoms with E-state index in [9.17, 15) is 4.79 Å². The minimum atomic E-state index is -0.710. The van der Waals surface area contributed by atoms with Crippen molar-refractivity contribution < 1.29 is 9.90 Å². The molecule has 0 fully saturated rings. The van der Waals surface area contributed by atoms with Gasteiger partial charge in [0.1, 0.15) is 0 Å². The van der Waals surface area contributed by atoms with Crippen molar-refractivity contribution in [3.8, 4) is 0 Å². The van der Waals surface area contributed by atoms with E-state index in [2.05, 4.69) is 39.0 Å². The van der Waals surface area contributed by atoms with Crippen molar-refractivity contribution in [2.75, 3.05) is 0 Å². The minimum Gasteiger partial charge on any atom is -0.481 e. The van der Waals surface area contributed by atoms with Crippen molar-refractivity contribution >= 4 is 5.97 Å². The molecular formula is C15H22O2. The molecule has 1 unspecified atom stereocenters. The molecule has 0 aliphatic rings. The van der Waals surface area contributed by atoms with E-state index in [1.54, 1.807) is 0 Å². The van der Waals surface area contributed by atoms with Gasteiger partial charge in [0.05, 0.1) is 0 Å². The fraction of sp³-hybridized carbons (Fsp3) is 0.533. The molecule has 94 valence electrons. The van der Waals surface area contributed by atoms with E-state index in [-0.39, 0.29) is 6.42 Å². The Labute approximate surface area is 104 Å². The Hall–Kier alpha value is -1.31. The van der Waals surface area contributed by atoms with Crippen molar-refractivity contribution in [1.29, 1.82) is 0 Å². The molecule has 0 amide bonds. The molecule has 0 bridgehead atoms. The van der Waals surface area contributed by atoms with Gasteiger partial charge in [0.15, 0.2) is 0 Å². The Morgan fingerprint density at radius 2 is 1.88 bits per heavy atom. The fourth-order valence-corrected chi connectivity index (χ4v) is 2.14. The van der Waals surface area contributed by atoms with E-state index < -0.39 is 5.97 Å². The molecule has 0 radical (unpaired) electrons. The Morgan fingerprint density at radius 1 is 1.24 bits per heavy atom. The number of rotatable bonds is 6. The molecule has 1 aromatic carbocycles. The molecule has 1 rings (SSSR count). The van der Waals surface area contributed by atoms with Crippen LogP contribution in [0.5, 0.6) is 0 Å². The topological polar surface area (TPSA) is 37.3 Å². The van der Waals surface area contributed by atoms with Gasteiger partial charge in [-0.25, -0.2) is 0 Å². The Bertz CT molecular complexity index is 369. The van der Waals surface area contributed by atoms with Crippen LogP contribution in [0.15, 0.2) is 24.3 Å². The molecule has 0 heterocycles. The lowest BCUT2D eigenvalue weighted by Gasteiger charge is -2.17.